The molecule has 1 saturated carbocycles. The molecule has 118 valence electrons. The lowest BCUT2D eigenvalue weighted by atomic mass is 10.2. The lowest BCUT2D eigenvalue weighted by Gasteiger charge is -2.30. The van der Waals surface area contributed by atoms with Gasteiger partial charge in [0.15, 0.2) is 9.84 Å². The smallest absolute Gasteiger partial charge is 0.168 e. The molecule has 0 heterocycles. The molecule has 1 aromatic carbocycles. The molecule has 1 aliphatic rings. The van der Waals surface area contributed by atoms with Crippen molar-refractivity contribution in [3.63, 3.8) is 0 Å². The number of aliphatic hydroxyl groups is 2. The Balaban J connectivity index is 2.02. The van der Waals surface area contributed by atoms with Gasteiger partial charge in [-0.15, -0.1) is 0 Å². The normalized spacial score (nSPS) is 17.7. The van der Waals surface area contributed by atoms with Crippen molar-refractivity contribution in [1.82, 2.24) is 0 Å². The fourth-order valence-electron chi connectivity index (χ4n) is 2.30. The molecule has 0 atom stereocenters. The van der Waals surface area contributed by atoms with Crippen LogP contribution in [0.15, 0.2) is 30.3 Å². The Bertz CT molecular complexity index is 559. The van der Waals surface area contributed by atoms with Gasteiger partial charge < -0.3 is 14.9 Å². The van der Waals surface area contributed by atoms with Crippen molar-refractivity contribution in [1.29, 1.82) is 0 Å². The second-order valence-electron chi connectivity index (χ2n) is 5.93. The van der Waals surface area contributed by atoms with Gasteiger partial charge in [-0.05, 0) is 25.3 Å². The molecule has 6 heteroatoms. The molecule has 0 aliphatic heterocycles. The summed E-state index contributed by atoms with van der Waals surface area (Å²) in [6, 6.07) is 9.54. The predicted molar refractivity (Wildman–Crippen MR) is 79.6 cm³/mol. The molecule has 1 fully saturated rings. The SMILES string of the molecule is CC(CO)(CO)S(=O)(=O)C1(COCc2ccccc2)CC1. The van der Waals surface area contributed by atoms with Gasteiger partial charge in [0, 0.05) is 0 Å². The highest BCUT2D eigenvalue weighted by molar-refractivity contribution is 7.94. The zero-order valence-corrected chi connectivity index (χ0v) is 13.0. The Morgan fingerprint density at radius 2 is 1.76 bits per heavy atom. The average Bonchev–Trinajstić information content (AvgIpc) is 3.29. The van der Waals surface area contributed by atoms with Crippen molar-refractivity contribution in [2.45, 2.75) is 35.9 Å². The number of rotatable bonds is 8. The van der Waals surface area contributed by atoms with Gasteiger partial charge in [0.25, 0.3) is 0 Å². The summed E-state index contributed by atoms with van der Waals surface area (Å²) in [6.07, 6.45) is 1.03. The van der Waals surface area contributed by atoms with E-state index in [1.54, 1.807) is 0 Å². The number of hydrogen-bond donors (Lipinski definition) is 2. The minimum absolute atomic E-state index is 0.0970. The van der Waals surface area contributed by atoms with Crippen LogP contribution in [0.5, 0.6) is 0 Å². The summed E-state index contributed by atoms with van der Waals surface area (Å²) in [5.74, 6) is 0. The topological polar surface area (TPSA) is 83.8 Å². The molecule has 0 spiro atoms. The lowest BCUT2D eigenvalue weighted by Crippen LogP contribution is -2.50. The predicted octanol–water partition coefficient (Wildman–Crippen LogP) is 0.894. The van der Waals surface area contributed by atoms with Crippen molar-refractivity contribution in [2.75, 3.05) is 19.8 Å². The summed E-state index contributed by atoms with van der Waals surface area (Å²) in [5, 5.41) is 18.7. The second-order valence-corrected chi connectivity index (χ2v) is 8.79. The molecule has 0 radical (unpaired) electrons. The zero-order valence-electron chi connectivity index (χ0n) is 12.2. The summed E-state index contributed by atoms with van der Waals surface area (Å²) in [4.78, 5) is 0. The monoisotopic (exact) mass is 314 g/mol. The van der Waals surface area contributed by atoms with Crippen LogP contribution in [0, 0.1) is 0 Å². The van der Waals surface area contributed by atoms with E-state index < -0.39 is 32.5 Å². The van der Waals surface area contributed by atoms with E-state index in [4.69, 9.17) is 4.74 Å². The highest BCUT2D eigenvalue weighted by Crippen LogP contribution is 2.48. The minimum atomic E-state index is -3.67. The zero-order chi connectivity index (χ0) is 15.6. The molecule has 0 unspecified atom stereocenters. The Morgan fingerprint density at radius 1 is 1.19 bits per heavy atom. The Morgan fingerprint density at radius 3 is 2.24 bits per heavy atom. The van der Waals surface area contributed by atoms with E-state index in [0.29, 0.717) is 19.4 Å². The summed E-state index contributed by atoms with van der Waals surface area (Å²) >= 11 is 0. The van der Waals surface area contributed by atoms with Crippen molar-refractivity contribution >= 4 is 9.84 Å². The van der Waals surface area contributed by atoms with Crippen LogP contribution in [0.1, 0.15) is 25.3 Å². The molecule has 1 aromatic rings. The maximum absolute atomic E-state index is 12.6. The highest BCUT2D eigenvalue weighted by Gasteiger charge is 2.61. The van der Waals surface area contributed by atoms with Crippen molar-refractivity contribution in [3.05, 3.63) is 35.9 Å². The molecular weight excluding hydrogens is 292 g/mol. The second kappa shape index (κ2) is 6.04. The molecule has 0 bridgehead atoms. The van der Waals surface area contributed by atoms with Gasteiger partial charge in [-0.25, -0.2) is 8.42 Å². The molecule has 21 heavy (non-hydrogen) atoms. The van der Waals surface area contributed by atoms with Crippen LogP contribution in [-0.4, -0.2) is 47.9 Å². The van der Waals surface area contributed by atoms with Crippen LogP contribution in [0.4, 0.5) is 0 Å². The van der Waals surface area contributed by atoms with Crippen LogP contribution in [-0.2, 0) is 21.2 Å². The third kappa shape index (κ3) is 2.99. The van der Waals surface area contributed by atoms with Gasteiger partial charge in [-0.1, -0.05) is 30.3 Å². The molecule has 1 aliphatic carbocycles. The van der Waals surface area contributed by atoms with E-state index in [1.165, 1.54) is 6.92 Å². The van der Waals surface area contributed by atoms with Crippen LogP contribution in [0.3, 0.4) is 0 Å². The molecule has 0 amide bonds. The van der Waals surface area contributed by atoms with Crippen LogP contribution in [0.25, 0.3) is 0 Å². The van der Waals surface area contributed by atoms with E-state index in [9.17, 15) is 18.6 Å². The first-order valence-corrected chi connectivity index (χ1v) is 8.47. The maximum Gasteiger partial charge on any atom is 0.168 e. The first-order chi connectivity index (χ1) is 9.91. The van der Waals surface area contributed by atoms with Crippen molar-refractivity contribution in [3.8, 4) is 0 Å². The van der Waals surface area contributed by atoms with E-state index in [2.05, 4.69) is 0 Å². The van der Waals surface area contributed by atoms with Gasteiger partial charge in [-0.3, -0.25) is 0 Å². The van der Waals surface area contributed by atoms with E-state index in [-0.39, 0.29) is 6.61 Å². The van der Waals surface area contributed by atoms with Gasteiger partial charge in [-0.2, -0.15) is 0 Å². The first-order valence-electron chi connectivity index (χ1n) is 6.98. The van der Waals surface area contributed by atoms with Crippen molar-refractivity contribution < 1.29 is 23.4 Å². The highest BCUT2D eigenvalue weighted by atomic mass is 32.2. The van der Waals surface area contributed by atoms with Gasteiger partial charge in [0.1, 0.15) is 4.75 Å². The first kappa shape index (κ1) is 16.4. The van der Waals surface area contributed by atoms with Gasteiger partial charge in [0.2, 0.25) is 0 Å². The van der Waals surface area contributed by atoms with E-state index in [0.717, 1.165) is 5.56 Å². The average molecular weight is 314 g/mol. The maximum atomic E-state index is 12.6. The number of aliphatic hydroxyl groups excluding tert-OH is 2. The minimum Gasteiger partial charge on any atom is -0.395 e. The summed E-state index contributed by atoms with van der Waals surface area (Å²) < 4.78 is 28.4. The fourth-order valence-corrected chi connectivity index (χ4v) is 4.57. The molecule has 2 N–H and O–H groups in total. The van der Waals surface area contributed by atoms with Crippen LogP contribution >= 0.6 is 0 Å². The standard InChI is InChI=1S/C15H22O5S/c1-14(10-16,11-17)21(18,19)15(7-8-15)12-20-9-13-5-3-2-4-6-13/h2-6,16-17H,7-12H2,1H3. The number of hydrogen-bond acceptors (Lipinski definition) is 5. The lowest BCUT2D eigenvalue weighted by molar-refractivity contribution is 0.113. The van der Waals surface area contributed by atoms with E-state index in [1.807, 2.05) is 30.3 Å². The van der Waals surface area contributed by atoms with Crippen molar-refractivity contribution in [2.24, 2.45) is 0 Å². The molecular formula is C15H22O5S. The Kier molecular flexibility index (Phi) is 4.72. The quantitative estimate of drug-likeness (QED) is 0.744. The fraction of sp³-hybridized carbons (Fsp3) is 0.600. The van der Waals surface area contributed by atoms with E-state index >= 15 is 0 Å². The number of benzene rings is 1. The number of ether oxygens (including phenoxy) is 1. The summed E-state index contributed by atoms with van der Waals surface area (Å²) in [5.41, 5.74) is 0.984. The van der Waals surface area contributed by atoms with Gasteiger partial charge >= 0.3 is 0 Å². The summed E-state index contributed by atoms with van der Waals surface area (Å²) in [6.45, 7) is 0.644. The molecule has 0 aromatic heterocycles. The van der Waals surface area contributed by atoms with Gasteiger partial charge in [0.05, 0.1) is 31.2 Å². The molecule has 5 nitrogen and oxygen atoms in total. The molecule has 2 rings (SSSR count). The molecule has 0 saturated heterocycles. The third-order valence-corrected chi connectivity index (χ3v) is 7.39. The Labute approximate surface area is 125 Å². The Hall–Kier alpha value is -0.950. The number of sulfone groups is 1. The summed E-state index contributed by atoms with van der Waals surface area (Å²) in [7, 11) is -3.67. The largest absolute Gasteiger partial charge is 0.395 e. The van der Waals surface area contributed by atoms with Crippen LogP contribution < -0.4 is 0 Å². The third-order valence-electron chi connectivity index (χ3n) is 4.17. The van der Waals surface area contributed by atoms with Crippen LogP contribution in [0.2, 0.25) is 0 Å².